The third-order valence-corrected chi connectivity index (χ3v) is 3.83. The highest BCUT2D eigenvalue weighted by molar-refractivity contribution is 6.31. The number of hydrogen-bond donors (Lipinski definition) is 0. The van der Waals surface area contributed by atoms with Gasteiger partial charge >= 0.3 is 0 Å². The van der Waals surface area contributed by atoms with E-state index in [0.29, 0.717) is 16.1 Å². The van der Waals surface area contributed by atoms with Gasteiger partial charge in [0.1, 0.15) is 5.69 Å². The van der Waals surface area contributed by atoms with Crippen molar-refractivity contribution in [2.45, 2.75) is 26.7 Å². The molecule has 1 aliphatic heterocycles. The van der Waals surface area contributed by atoms with Crippen molar-refractivity contribution in [3.8, 4) is 0 Å². The van der Waals surface area contributed by atoms with Crippen LogP contribution in [-0.2, 0) is 0 Å². The minimum Gasteiger partial charge on any atom is -0.366 e. The van der Waals surface area contributed by atoms with E-state index in [1.54, 1.807) is 12.1 Å². The van der Waals surface area contributed by atoms with E-state index in [9.17, 15) is 10.1 Å². The molecule has 0 N–H and O–H groups in total. The Labute approximate surface area is 112 Å². The summed E-state index contributed by atoms with van der Waals surface area (Å²) in [5.74, 6) is 0. The molecule has 98 valence electrons. The van der Waals surface area contributed by atoms with E-state index in [-0.39, 0.29) is 10.6 Å². The van der Waals surface area contributed by atoms with E-state index in [4.69, 9.17) is 11.6 Å². The maximum Gasteiger partial charge on any atom is 0.292 e. The Bertz CT molecular complexity index is 464. The summed E-state index contributed by atoms with van der Waals surface area (Å²) >= 11 is 5.95. The van der Waals surface area contributed by atoms with E-state index >= 15 is 0 Å². The van der Waals surface area contributed by atoms with Gasteiger partial charge in [0.25, 0.3) is 5.69 Å². The second kappa shape index (κ2) is 4.76. The first-order valence-corrected chi connectivity index (χ1v) is 6.46. The number of rotatable bonds is 2. The van der Waals surface area contributed by atoms with Gasteiger partial charge in [0, 0.05) is 24.2 Å². The Balaban J connectivity index is 2.28. The van der Waals surface area contributed by atoms with Gasteiger partial charge in [-0.15, -0.1) is 0 Å². The summed E-state index contributed by atoms with van der Waals surface area (Å²) in [6, 6.07) is 4.74. The van der Waals surface area contributed by atoms with Crippen LogP contribution in [0.2, 0.25) is 5.02 Å². The Morgan fingerprint density at radius 2 is 1.94 bits per heavy atom. The first-order chi connectivity index (χ1) is 8.39. The fourth-order valence-electron chi connectivity index (χ4n) is 2.26. The molecule has 4 nitrogen and oxygen atoms in total. The third kappa shape index (κ3) is 2.75. The summed E-state index contributed by atoms with van der Waals surface area (Å²) in [5.41, 5.74) is 1.10. The number of anilines is 1. The summed E-state index contributed by atoms with van der Waals surface area (Å²) < 4.78 is 0. The maximum atomic E-state index is 11.0. The molecule has 1 heterocycles. The van der Waals surface area contributed by atoms with Gasteiger partial charge in [-0.3, -0.25) is 10.1 Å². The summed E-state index contributed by atoms with van der Waals surface area (Å²) in [4.78, 5) is 12.8. The van der Waals surface area contributed by atoms with E-state index in [1.165, 1.54) is 6.07 Å². The van der Waals surface area contributed by atoms with E-state index in [1.807, 2.05) is 0 Å². The van der Waals surface area contributed by atoms with Gasteiger partial charge in [0.15, 0.2) is 0 Å². The molecule has 0 aromatic heterocycles. The molecule has 1 aliphatic rings. The van der Waals surface area contributed by atoms with Gasteiger partial charge < -0.3 is 4.90 Å². The molecule has 0 atom stereocenters. The molecule has 1 aromatic carbocycles. The van der Waals surface area contributed by atoms with Crippen LogP contribution in [0.15, 0.2) is 18.2 Å². The van der Waals surface area contributed by atoms with Crippen LogP contribution in [-0.4, -0.2) is 18.0 Å². The zero-order valence-electron chi connectivity index (χ0n) is 10.6. The van der Waals surface area contributed by atoms with E-state index < -0.39 is 0 Å². The topological polar surface area (TPSA) is 46.4 Å². The number of nitro benzene ring substituents is 1. The molecule has 0 amide bonds. The number of halogens is 1. The molecule has 1 fully saturated rings. The van der Waals surface area contributed by atoms with Crippen molar-refractivity contribution in [3.05, 3.63) is 33.3 Å². The van der Waals surface area contributed by atoms with Crippen LogP contribution < -0.4 is 4.90 Å². The Hall–Kier alpha value is -1.29. The summed E-state index contributed by atoms with van der Waals surface area (Å²) in [7, 11) is 0. The van der Waals surface area contributed by atoms with Gasteiger partial charge in [-0.2, -0.15) is 0 Å². The van der Waals surface area contributed by atoms with Crippen LogP contribution in [0.4, 0.5) is 11.4 Å². The second-order valence-corrected chi connectivity index (χ2v) is 5.98. The second-order valence-electron chi connectivity index (χ2n) is 5.54. The lowest BCUT2D eigenvalue weighted by Gasteiger charge is -2.37. The molecule has 5 heteroatoms. The first-order valence-electron chi connectivity index (χ1n) is 6.08. The standard InChI is InChI=1S/C13H17ClN2O2/c1-13(2)5-7-15(8-6-13)12-9-10(14)3-4-11(12)16(17)18/h3-4,9H,5-8H2,1-2H3. The smallest absolute Gasteiger partial charge is 0.292 e. The minimum absolute atomic E-state index is 0.138. The molecule has 0 saturated carbocycles. The average molecular weight is 269 g/mol. The van der Waals surface area contributed by atoms with Gasteiger partial charge in [-0.25, -0.2) is 0 Å². The van der Waals surface area contributed by atoms with E-state index in [0.717, 1.165) is 25.9 Å². The molecule has 1 aromatic rings. The van der Waals surface area contributed by atoms with Crippen molar-refractivity contribution in [2.24, 2.45) is 5.41 Å². The van der Waals surface area contributed by atoms with Gasteiger partial charge in [0.2, 0.25) is 0 Å². The summed E-state index contributed by atoms with van der Waals surface area (Å²) in [6.45, 7) is 6.15. The Kier molecular flexibility index (Phi) is 3.48. The minimum atomic E-state index is -0.342. The number of nitrogens with zero attached hydrogens (tertiary/aromatic N) is 2. The van der Waals surface area contributed by atoms with Crippen LogP contribution in [0.25, 0.3) is 0 Å². The normalized spacial score (nSPS) is 18.7. The van der Waals surface area contributed by atoms with Crippen LogP contribution in [0, 0.1) is 15.5 Å². The molecule has 0 bridgehead atoms. The van der Waals surface area contributed by atoms with Gasteiger partial charge in [0.05, 0.1) is 4.92 Å². The molecule has 0 radical (unpaired) electrons. The number of hydrogen-bond acceptors (Lipinski definition) is 3. The first kappa shape index (κ1) is 13.1. The quantitative estimate of drug-likeness (QED) is 0.604. The summed E-state index contributed by atoms with van der Waals surface area (Å²) in [6.07, 6.45) is 2.08. The molecular weight excluding hydrogens is 252 g/mol. The highest BCUT2D eigenvalue weighted by Gasteiger charge is 2.28. The van der Waals surface area contributed by atoms with Crippen molar-refractivity contribution in [1.82, 2.24) is 0 Å². The van der Waals surface area contributed by atoms with Crippen molar-refractivity contribution >= 4 is 23.0 Å². The van der Waals surface area contributed by atoms with Crippen molar-refractivity contribution in [1.29, 1.82) is 0 Å². The number of piperidine rings is 1. The number of nitro groups is 1. The highest BCUT2D eigenvalue weighted by atomic mass is 35.5. The third-order valence-electron chi connectivity index (χ3n) is 3.59. The fraction of sp³-hybridized carbons (Fsp3) is 0.538. The molecule has 18 heavy (non-hydrogen) atoms. The Morgan fingerprint density at radius 1 is 1.33 bits per heavy atom. The van der Waals surface area contributed by atoms with Crippen molar-refractivity contribution < 1.29 is 4.92 Å². The average Bonchev–Trinajstić information content (AvgIpc) is 2.28. The Morgan fingerprint density at radius 3 is 2.50 bits per heavy atom. The van der Waals surface area contributed by atoms with E-state index in [2.05, 4.69) is 18.7 Å². The maximum absolute atomic E-state index is 11.0. The summed E-state index contributed by atoms with van der Waals surface area (Å²) in [5, 5.41) is 11.6. The van der Waals surface area contributed by atoms with Crippen LogP contribution in [0.1, 0.15) is 26.7 Å². The van der Waals surface area contributed by atoms with Crippen molar-refractivity contribution in [3.63, 3.8) is 0 Å². The molecule has 1 saturated heterocycles. The molecule has 0 unspecified atom stereocenters. The van der Waals surface area contributed by atoms with Gasteiger partial charge in [-0.05, 0) is 30.4 Å². The zero-order chi connectivity index (χ0) is 13.3. The van der Waals surface area contributed by atoms with Crippen LogP contribution in [0.3, 0.4) is 0 Å². The largest absolute Gasteiger partial charge is 0.366 e. The zero-order valence-corrected chi connectivity index (χ0v) is 11.4. The van der Waals surface area contributed by atoms with Gasteiger partial charge in [-0.1, -0.05) is 25.4 Å². The lowest BCUT2D eigenvalue weighted by atomic mass is 9.82. The molecule has 0 spiro atoms. The SMILES string of the molecule is CC1(C)CCN(c2cc(Cl)ccc2[N+](=O)[O-])CC1. The monoisotopic (exact) mass is 268 g/mol. The lowest BCUT2D eigenvalue weighted by Crippen LogP contribution is -2.37. The molecule has 2 rings (SSSR count). The fourth-order valence-corrected chi connectivity index (χ4v) is 2.42. The van der Waals surface area contributed by atoms with Crippen LogP contribution in [0.5, 0.6) is 0 Å². The highest BCUT2D eigenvalue weighted by Crippen LogP contribution is 2.37. The molecular formula is C13H17ClN2O2. The van der Waals surface area contributed by atoms with Crippen molar-refractivity contribution in [2.75, 3.05) is 18.0 Å². The molecule has 0 aliphatic carbocycles. The predicted molar refractivity (Wildman–Crippen MR) is 73.3 cm³/mol. The predicted octanol–water partition coefficient (Wildman–Crippen LogP) is 3.87. The van der Waals surface area contributed by atoms with Crippen LogP contribution >= 0.6 is 11.6 Å². The lowest BCUT2D eigenvalue weighted by molar-refractivity contribution is -0.384. The number of benzene rings is 1.